The first-order chi connectivity index (χ1) is 7.16. The van der Waals surface area contributed by atoms with Crippen LogP contribution in [0, 0.1) is 0 Å². The molecule has 1 heterocycles. The van der Waals surface area contributed by atoms with Crippen molar-refractivity contribution in [2.24, 2.45) is 0 Å². The van der Waals surface area contributed by atoms with Crippen molar-refractivity contribution in [1.29, 1.82) is 0 Å². The molecule has 6 heteroatoms. The van der Waals surface area contributed by atoms with Crippen molar-refractivity contribution >= 4 is 5.69 Å². The van der Waals surface area contributed by atoms with Gasteiger partial charge in [0.25, 0.3) is 0 Å². The van der Waals surface area contributed by atoms with E-state index in [9.17, 15) is 13.2 Å². The molecule has 0 aliphatic rings. The molecule has 0 spiro atoms. The molecule has 0 atom stereocenters. The zero-order chi connectivity index (χ0) is 12.7. The molecule has 0 amide bonds. The molecule has 0 bridgehead atoms. The van der Waals surface area contributed by atoms with E-state index in [2.05, 4.69) is 5.10 Å². The van der Waals surface area contributed by atoms with E-state index in [0.29, 0.717) is 5.69 Å². The Morgan fingerprint density at radius 1 is 1.12 bits per heavy atom. The Hall–Kier alpha value is -1.20. The highest BCUT2D eigenvalue weighted by Gasteiger charge is 2.37. The van der Waals surface area contributed by atoms with Crippen LogP contribution in [0.25, 0.3) is 0 Å². The van der Waals surface area contributed by atoms with Crippen LogP contribution in [0.2, 0.25) is 0 Å². The number of hydrogen-bond donors (Lipinski definition) is 1. The maximum Gasteiger partial charge on any atom is 0.504 e. The number of alkyl halides is 3. The van der Waals surface area contributed by atoms with E-state index in [0.717, 1.165) is 0 Å². The molecule has 0 aliphatic heterocycles. The number of nitrogen functional groups attached to an aromatic ring is 1. The Morgan fingerprint density at radius 3 is 1.88 bits per heavy atom. The van der Waals surface area contributed by atoms with Crippen molar-refractivity contribution in [3.05, 3.63) is 11.4 Å². The summed E-state index contributed by atoms with van der Waals surface area (Å²) in [5, 5.41) is 3.57. The van der Waals surface area contributed by atoms with Gasteiger partial charge in [0.2, 0.25) is 0 Å². The van der Waals surface area contributed by atoms with Gasteiger partial charge < -0.3 is 5.73 Å². The predicted molar refractivity (Wildman–Crippen MR) is 56.1 cm³/mol. The molecule has 1 aromatic rings. The third-order valence-electron chi connectivity index (χ3n) is 2.32. The highest BCUT2D eigenvalue weighted by Crippen LogP contribution is 2.35. The summed E-state index contributed by atoms with van der Waals surface area (Å²) in [6, 6.07) is 0. The molecule has 0 radical (unpaired) electrons. The maximum absolute atomic E-state index is 12.7. The molecule has 0 aliphatic carbocycles. The van der Waals surface area contributed by atoms with Crippen LogP contribution in [0.15, 0.2) is 0 Å². The van der Waals surface area contributed by atoms with E-state index >= 15 is 0 Å². The minimum atomic E-state index is -4.51. The number of halogens is 3. The maximum atomic E-state index is 12.7. The number of rotatable bonds is 2. The van der Waals surface area contributed by atoms with Gasteiger partial charge in [-0.3, -0.25) is 0 Å². The molecule has 2 N–H and O–H groups in total. The first-order valence-corrected chi connectivity index (χ1v) is 5.11. The van der Waals surface area contributed by atoms with Gasteiger partial charge in [-0.1, -0.05) is 27.7 Å². The quantitative estimate of drug-likeness (QED) is 0.855. The molecule has 0 fully saturated rings. The molecular formula is C10H16F3N3. The average Bonchev–Trinajstić information content (AvgIpc) is 2.41. The summed E-state index contributed by atoms with van der Waals surface area (Å²) in [6.07, 6.45) is -4.51. The predicted octanol–water partition coefficient (Wildman–Crippen LogP) is 3.19. The molecule has 16 heavy (non-hydrogen) atoms. The lowest BCUT2D eigenvalue weighted by molar-refractivity contribution is -0.214. The third-order valence-corrected chi connectivity index (χ3v) is 2.32. The summed E-state index contributed by atoms with van der Waals surface area (Å²) in [6.45, 7) is 6.87. The SMILES string of the molecule is CC(C)c1nn(C(F)(F)F)c(C(C)C)c1N. The minimum absolute atomic E-state index is 0.0381. The molecule has 1 rings (SSSR count). The normalized spacial score (nSPS) is 12.8. The molecule has 0 unspecified atom stereocenters. The zero-order valence-corrected chi connectivity index (χ0v) is 9.76. The Bertz CT molecular complexity index is 377. The van der Waals surface area contributed by atoms with E-state index in [4.69, 9.17) is 5.73 Å². The van der Waals surface area contributed by atoms with Crippen LogP contribution in [-0.2, 0) is 6.30 Å². The highest BCUT2D eigenvalue weighted by atomic mass is 19.4. The van der Waals surface area contributed by atoms with E-state index in [1.54, 1.807) is 27.7 Å². The standard InChI is InChI=1S/C10H16F3N3/c1-5(2)8-7(14)9(6(3)4)16(15-8)10(11,12)13/h5-6H,14H2,1-4H3. The second-order valence-corrected chi connectivity index (χ2v) is 4.37. The second-order valence-electron chi connectivity index (χ2n) is 4.37. The number of aromatic nitrogens is 2. The van der Waals surface area contributed by atoms with Crippen molar-refractivity contribution in [2.75, 3.05) is 5.73 Å². The lowest BCUT2D eigenvalue weighted by atomic mass is 10.0. The fourth-order valence-electron chi connectivity index (χ4n) is 1.64. The smallest absolute Gasteiger partial charge is 0.396 e. The van der Waals surface area contributed by atoms with Crippen LogP contribution >= 0.6 is 0 Å². The molecule has 0 aromatic carbocycles. The Balaban J connectivity index is 3.44. The van der Waals surface area contributed by atoms with E-state index in [1.807, 2.05) is 0 Å². The summed E-state index contributed by atoms with van der Waals surface area (Å²) in [7, 11) is 0. The average molecular weight is 235 g/mol. The Morgan fingerprint density at radius 2 is 1.62 bits per heavy atom. The summed E-state index contributed by atoms with van der Waals surface area (Å²) in [4.78, 5) is 0. The van der Waals surface area contributed by atoms with Crippen LogP contribution < -0.4 is 5.73 Å². The van der Waals surface area contributed by atoms with Gasteiger partial charge in [0.05, 0.1) is 17.1 Å². The summed E-state index contributed by atoms with van der Waals surface area (Å²) >= 11 is 0. The van der Waals surface area contributed by atoms with E-state index in [1.165, 1.54) is 0 Å². The van der Waals surface area contributed by atoms with Crippen LogP contribution in [0.4, 0.5) is 18.9 Å². The highest BCUT2D eigenvalue weighted by molar-refractivity contribution is 5.51. The lowest BCUT2D eigenvalue weighted by Crippen LogP contribution is -2.22. The number of nitrogens with two attached hydrogens (primary N) is 1. The lowest BCUT2D eigenvalue weighted by Gasteiger charge is -2.13. The summed E-state index contributed by atoms with van der Waals surface area (Å²) in [5.74, 6) is -0.442. The van der Waals surface area contributed by atoms with Crippen LogP contribution in [0.3, 0.4) is 0 Å². The largest absolute Gasteiger partial charge is 0.504 e. The third kappa shape index (κ3) is 2.15. The summed E-state index contributed by atoms with van der Waals surface area (Å²) < 4.78 is 38.2. The van der Waals surface area contributed by atoms with Crippen LogP contribution in [0.5, 0.6) is 0 Å². The van der Waals surface area contributed by atoms with Crippen LogP contribution in [-0.4, -0.2) is 9.78 Å². The van der Waals surface area contributed by atoms with Crippen LogP contribution in [0.1, 0.15) is 50.9 Å². The van der Waals surface area contributed by atoms with Gasteiger partial charge >= 0.3 is 6.30 Å². The van der Waals surface area contributed by atoms with Gasteiger partial charge in [-0.05, 0) is 11.8 Å². The van der Waals surface area contributed by atoms with E-state index in [-0.39, 0.29) is 27.9 Å². The fourth-order valence-corrected chi connectivity index (χ4v) is 1.64. The first-order valence-electron chi connectivity index (χ1n) is 5.11. The van der Waals surface area contributed by atoms with Gasteiger partial charge in [-0.15, -0.1) is 13.2 Å². The van der Waals surface area contributed by atoms with E-state index < -0.39 is 6.30 Å². The van der Waals surface area contributed by atoms with Crippen molar-refractivity contribution in [3.8, 4) is 0 Å². The second kappa shape index (κ2) is 3.99. The first kappa shape index (κ1) is 12.9. The van der Waals surface area contributed by atoms with Gasteiger partial charge in [-0.2, -0.15) is 9.78 Å². The molecule has 0 saturated heterocycles. The molecule has 92 valence electrons. The number of anilines is 1. The molecular weight excluding hydrogens is 219 g/mol. The molecule has 0 saturated carbocycles. The van der Waals surface area contributed by atoms with Gasteiger partial charge in [0, 0.05) is 0 Å². The van der Waals surface area contributed by atoms with Crippen molar-refractivity contribution in [2.45, 2.75) is 45.8 Å². The van der Waals surface area contributed by atoms with Gasteiger partial charge in [0.1, 0.15) is 0 Å². The zero-order valence-electron chi connectivity index (χ0n) is 9.76. The van der Waals surface area contributed by atoms with Crippen molar-refractivity contribution in [3.63, 3.8) is 0 Å². The van der Waals surface area contributed by atoms with Gasteiger partial charge in [-0.25, -0.2) is 0 Å². The molecule has 1 aromatic heterocycles. The fraction of sp³-hybridized carbons (Fsp3) is 0.700. The number of nitrogens with zero attached hydrogens (tertiary/aromatic N) is 2. The Kier molecular flexibility index (Phi) is 3.21. The number of hydrogen-bond acceptors (Lipinski definition) is 2. The Labute approximate surface area is 92.4 Å². The van der Waals surface area contributed by atoms with Crippen molar-refractivity contribution in [1.82, 2.24) is 9.78 Å². The molecule has 3 nitrogen and oxygen atoms in total. The minimum Gasteiger partial charge on any atom is -0.396 e. The monoisotopic (exact) mass is 235 g/mol. The summed E-state index contributed by atoms with van der Waals surface area (Å²) in [5.41, 5.74) is 6.22. The topological polar surface area (TPSA) is 43.8 Å². The van der Waals surface area contributed by atoms with Gasteiger partial charge in [0.15, 0.2) is 0 Å². The van der Waals surface area contributed by atoms with Crippen molar-refractivity contribution < 1.29 is 13.2 Å².